The largest absolute Gasteiger partial charge is 0.298 e. The highest BCUT2D eigenvalue weighted by molar-refractivity contribution is 6.32. The molecule has 0 unspecified atom stereocenters. The summed E-state index contributed by atoms with van der Waals surface area (Å²) in [4.78, 5) is 10.8. The van der Waals surface area contributed by atoms with E-state index in [-0.39, 0.29) is 17.3 Å². The minimum absolute atomic E-state index is 0.0615. The molecule has 0 aliphatic rings. The van der Waals surface area contributed by atoms with Gasteiger partial charge in [-0.2, -0.15) is 5.10 Å². The van der Waals surface area contributed by atoms with Crippen molar-refractivity contribution in [2.45, 2.75) is 19.9 Å². The lowest BCUT2D eigenvalue weighted by Gasteiger charge is -2.06. The molecule has 0 saturated carbocycles. The standard InChI is InChI=1S/C13H11ClF2N2O/c1-8-4-2-3-5-9(8)6-18-12(14)10(7-19)11(17-18)13(15)16/h2-5,7,13H,6H2,1H3. The van der Waals surface area contributed by atoms with Crippen molar-refractivity contribution in [1.29, 1.82) is 0 Å². The number of aryl methyl sites for hydroxylation is 1. The fourth-order valence-electron chi connectivity index (χ4n) is 1.80. The van der Waals surface area contributed by atoms with E-state index in [1.807, 2.05) is 31.2 Å². The van der Waals surface area contributed by atoms with Crippen LogP contribution in [0.2, 0.25) is 5.15 Å². The number of aromatic nitrogens is 2. The Labute approximate surface area is 113 Å². The van der Waals surface area contributed by atoms with Gasteiger partial charge in [-0.25, -0.2) is 13.5 Å². The fourth-order valence-corrected chi connectivity index (χ4v) is 2.04. The van der Waals surface area contributed by atoms with Gasteiger partial charge in [0, 0.05) is 0 Å². The van der Waals surface area contributed by atoms with Crippen LogP contribution in [-0.2, 0) is 6.54 Å². The second-order valence-electron chi connectivity index (χ2n) is 4.09. The summed E-state index contributed by atoms with van der Waals surface area (Å²) in [6.45, 7) is 2.15. The Kier molecular flexibility index (Phi) is 3.95. The molecule has 0 bridgehead atoms. The maximum absolute atomic E-state index is 12.7. The molecule has 0 fully saturated rings. The zero-order valence-electron chi connectivity index (χ0n) is 10.1. The molecule has 0 atom stereocenters. The predicted molar refractivity (Wildman–Crippen MR) is 67.9 cm³/mol. The summed E-state index contributed by atoms with van der Waals surface area (Å²) >= 11 is 5.91. The van der Waals surface area contributed by atoms with Gasteiger partial charge in [0.25, 0.3) is 6.43 Å². The molecular weight excluding hydrogens is 274 g/mol. The third-order valence-electron chi connectivity index (χ3n) is 2.86. The number of aldehydes is 1. The van der Waals surface area contributed by atoms with E-state index in [2.05, 4.69) is 5.10 Å². The van der Waals surface area contributed by atoms with Gasteiger partial charge < -0.3 is 0 Å². The maximum atomic E-state index is 12.7. The summed E-state index contributed by atoms with van der Waals surface area (Å²) < 4.78 is 26.7. The lowest BCUT2D eigenvalue weighted by Crippen LogP contribution is -2.04. The van der Waals surface area contributed by atoms with Gasteiger partial charge in [0.1, 0.15) is 10.8 Å². The van der Waals surface area contributed by atoms with E-state index in [1.54, 1.807) is 0 Å². The summed E-state index contributed by atoms with van der Waals surface area (Å²) in [5, 5.41) is 3.66. The van der Waals surface area contributed by atoms with Crippen molar-refractivity contribution in [2.24, 2.45) is 0 Å². The number of rotatable bonds is 4. The van der Waals surface area contributed by atoms with Gasteiger partial charge in [0.05, 0.1) is 12.1 Å². The molecule has 2 aromatic rings. The third kappa shape index (κ3) is 2.66. The molecule has 0 saturated heterocycles. The Bertz CT molecular complexity index is 611. The first-order valence-electron chi connectivity index (χ1n) is 5.58. The van der Waals surface area contributed by atoms with Gasteiger partial charge in [-0.05, 0) is 18.1 Å². The van der Waals surface area contributed by atoms with Crippen LogP contribution in [0.4, 0.5) is 8.78 Å². The van der Waals surface area contributed by atoms with Crippen molar-refractivity contribution in [3.05, 3.63) is 51.8 Å². The third-order valence-corrected chi connectivity index (χ3v) is 3.26. The topological polar surface area (TPSA) is 34.9 Å². The van der Waals surface area contributed by atoms with E-state index < -0.39 is 12.1 Å². The second-order valence-corrected chi connectivity index (χ2v) is 4.45. The smallest absolute Gasteiger partial charge is 0.282 e. The highest BCUT2D eigenvalue weighted by Crippen LogP contribution is 2.27. The van der Waals surface area contributed by atoms with Crippen LogP contribution in [0.3, 0.4) is 0 Å². The van der Waals surface area contributed by atoms with Crippen LogP contribution in [-0.4, -0.2) is 16.1 Å². The SMILES string of the molecule is Cc1ccccc1Cn1nc(C(F)F)c(C=O)c1Cl. The molecule has 0 N–H and O–H groups in total. The average molecular weight is 285 g/mol. The normalized spacial score (nSPS) is 11.0. The first-order valence-corrected chi connectivity index (χ1v) is 5.96. The lowest BCUT2D eigenvalue weighted by atomic mass is 10.1. The number of benzene rings is 1. The molecule has 19 heavy (non-hydrogen) atoms. The molecule has 1 heterocycles. The summed E-state index contributed by atoms with van der Waals surface area (Å²) in [6, 6.07) is 7.48. The zero-order chi connectivity index (χ0) is 14.0. The summed E-state index contributed by atoms with van der Waals surface area (Å²) in [5.41, 5.74) is 1.09. The van der Waals surface area contributed by atoms with Crippen LogP contribution in [0.25, 0.3) is 0 Å². The Morgan fingerprint density at radius 1 is 1.42 bits per heavy atom. The Morgan fingerprint density at radius 3 is 2.63 bits per heavy atom. The van der Waals surface area contributed by atoms with Crippen LogP contribution in [0, 0.1) is 6.92 Å². The average Bonchev–Trinajstić information content (AvgIpc) is 2.69. The maximum Gasteiger partial charge on any atom is 0.282 e. The van der Waals surface area contributed by atoms with Gasteiger partial charge in [-0.15, -0.1) is 0 Å². The van der Waals surface area contributed by atoms with Gasteiger partial charge >= 0.3 is 0 Å². The summed E-state index contributed by atoms with van der Waals surface area (Å²) in [6.07, 6.45) is -2.51. The molecule has 0 spiro atoms. The van der Waals surface area contributed by atoms with Gasteiger partial charge in [0.2, 0.25) is 0 Å². The fraction of sp³-hybridized carbons (Fsp3) is 0.231. The van der Waals surface area contributed by atoms with E-state index in [9.17, 15) is 13.6 Å². The Morgan fingerprint density at radius 2 is 2.11 bits per heavy atom. The molecule has 0 radical (unpaired) electrons. The van der Waals surface area contributed by atoms with Crippen molar-refractivity contribution >= 4 is 17.9 Å². The van der Waals surface area contributed by atoms with Crippen molar-refractivity contribution in [1.82, 2.24) is 9.78 Å². The van der Waals surface area contributed by atoms with E-state index >= 15 is 0 Å². The predicted octanol–water partition coefficient (Wildman–Crippen LogP) is 3.64. The van der Waals surface area contributed by atoms with E-state index in [0.717, 1.165) is 11.1 Å². The van der Waals surface area contributed by atoms with Gasteiger partial charge in [-0.1, -0.05) is 35.9 Å². The highest BCUT2D eigenvalue weighted by atomic mass is 35.5. The Balaban J connectivity index is 2.41. The highest BCUT2D eigenvalue weighted by Gasteiger charge is 2.22. The molecular formula is C13H11ClF2N2O. The number of halogens is 3. The van der Waals surface area contributed by atoms with Crippen molar-refractivity contribution in [2.75, 3.05) is 0 Å². The van der Waals surface area contributed by atoms with E-state index in [4.69, 9.17) is 11.6 Å². The number of alkyl halides is 2. The monoisotopic (exact) mass is 284 g/mol. The van der Waals surface area contributed by atoms with Gasteiger partial charge in [0.15, 0.2) is 6.29 Å². The molecule has 6 heteroatoms. The quantitative estimate of drug-likeness (QED) is 0.803. The van der Waals surface area contributed by atoms with Gasteiger partial charge in [-0.3, -0.25) is 4.79 Å². The van der Waals surface area contributed by atoms with Crippen LogP contribution in [0.5, 0.6) is 0 Å². The molecule has 3 nitrogen and oxygen atoms in total. The molecule has 0 aliphatic heterocycles. The molecule has 1 aromatic heterocycles. The minimum Gasteiger partial charge on any atom is -0.298 e. The minimum atomic E-state index is -2.82. The molecule has 1 aromatic carbocycles. The zero-order valence-corrected chi connectivity index (χ0v) is 10.9. The van der Waals surface area contributed by atoms with E-state index in [0.29, 0.717) is 6.29 Å². The van der Waals surface area contributed by atoms with E-state index in [1.165, 1.54) is 4.68 Å². The van der Waals surface area contributed by atoms with Crippen LogP contribution >= 0.6 is 11.6 Å². The van der Waals surface area contributed by atoms with Crippen molar-refractivity contribution < 1.29 is 13.6 Å². The van der Waals surface area contributed by atoms with Crippen molar-refractivity contribution in [3.63, 3.8) is 0 Å². The Hall–Kier alpha value is -1.75. The van der Waals surface area contributed by atoms with Crippen LogP contribution < -0.4 is 0 Å². The molecule has 100 valence electrons. The summed E-state index contributed by atoms with van der Waals surface area (Å²) in [5.74, 6) is 0. The van der Waals surface area contributed by atoms with Crippen LogP contribution in [0.15, 0.2) is 24.3 Å². The summed E-state index contributed by atoms with van der Waals surface area (Å²) in [7, 11) is 0. The number of carbonyl (C=O) groups is 1. The first kappa shape index (κ1) is 13.7. The molecule has 0 amide bonds. The molecule has 2 rings (SSSR count). The molecule has 0 aliphatic carbocycles. The number of hydrogen-bond acceptors (Lipinski definition) is 2. The number of carbonyl (C=O) groups excluding carboxylic acids is 1. The van der Waals surface area contributed by atoms with Crippen LogP contribution in [0.1, 0.15) is 33.6 Å². The lowest BCUT2D eigenvalue weighted by molar-refractivity contribution is 0.110. The number of nitrogens with zero attached hydrogens (tertiary/aromatic N) is 2. The van der Waals surface area contributed by atoms with Crippen molar-refractivity contribution in [3.8, 4) is 0 Å². The first-order chi connectivity index (χ1) is 9.04. The number of hydrogen-bond donors (Lipinski definition) is 0. The second kappa shape index (κ2) is 5.48.